The number of esters is 1. The second-order valence-electron chi connectivity index (χ2n) is 3.82. The summed E-state index contributed by atoms with van der Waals surface area (Å²) < 4.78 is 10.1. The Balaban J connectivity index is 2.77. The number of hydrogen-bond acceptors (Lipinski definition) is 4. The highest BCUT2D eigenvalue weighted by molar-refractivity contribution is 5.90. The van der Waals surface area contributed by atoms with Gasteiger partial charge < -0.3 is 14.5 Å². The number of furan rings is 1. The highest BCUT2D eigenvalue weighted by Gasteiger charge is 2.13. The number of nitrogens with one attached hydrogen (secondary N) is 1. The summed E-state index contributed by atoms with van der Waals surface area (Å²) in [6, 6.07) is 1.96. The first-order chi connectivity index (χ1) is 8.08. The zero-order chi connectivity index (χ0) is 12.8. The van der Waals surface area contributed by atoms with Crippen molar-refractivity contribution in [2.45, 2.75) is 26.8 Å². The van der Waals surface area contributed by atoms with Gasteiger partial charge in [0, 0.05) is 6.04 Å². The van der Waals surface area contributed by atoms with E-state index in [1.165, 1.54) is 7.11 Å². The monoisotopic (exact) mass is 237 g/mol. The Morgan fingerprint density at radius 1 is 1.65 bits per heavy atom. The molecule has 0 aliphatic heterocycles. The van der Waals surface area contributed by atoms with E-state index in [-0.39, 0.29) is 12.0 Å². The van der Waals surface area contributed by atoms with Gasteiger partial charge in [0.15, 0.2) is 0 Å². The smallest absolute Gasteiger partial charge is 0.341 e. The number of rotatable bonds is 5. The van der Waals surface area contributed by atoms with Gasteiger partial charge in [0.2, 0.25) is 0 Å². The van der Waals surface area contributed by atoms with Crippen molar-refractivity contribution in [1.29, 1.82) is 0 Å². The molecule has 0 radical (unpaired) electrons. The van der Waals surface area contributed by atoms with E-state index >= 15 is 0 Å². The predicted molar refractivity (Wildman–Crippen MR) is 67.0 cm³/mol. The third-order valence-corrected chi connectivity index (χ3v) is 2.42. The van der Waals surface area contributed by atoms with Gasteiger partial charge in [-0.1, -0.05) is 13.0 Å². The van der Waals surface area contributed by atoms with Crippen molar-refractivity contribution in [1.82, 2.24) is 5.32 Å². The van der Waals surface area contributed by atoms with E-state index in [9.17, 15) is 4.79 Å². The molecule has 1 heterocycles. The van der Waals surface area contributed by atoms with Crippen LogP contribution in [0.2, 0.25) is 0 Å². The Morgan fingerprint density at radius 3 is 2.94 bits per heavy atom. The molecular weight excluding hydrogens is 218 g/mol. The largest absolute Gasteiger partial charge is 0.465 e. The first-order valence-corrected chi connectivity index (χ1v) is 5.68. The van der Waals surface area contributed by atoms with E-state index in [4.69, 9.17) is 4.42 Å². The number of carbonyl (C=O) groups is 1. The van der Waals surface area contributed by atoms with Crippen LogP contribution in [-0.4, -0.2) is 25.7 Å². The molecule has 0 aromatic carbocycles. The molecular formula is C13H19NO3. The van der Waals surface area contributed by atoms with Crippen molar-refractivity contribution >= 4 is 12.0 Å². The molecule has 4 heteroatoms. The number of methoxy groups -OCH3 is 1. The second kappa shape index (κ2) is 6.25. The van der Waals surface area contributed by atoms with Gasteiger partial charge in [-0.15, -0.1) is 0 Å². The van der Waals surface area contributed by atoms with Crippen LogP contribution < -0.4 is 5.32 Å². The fourth-order valence-corrected chi connectivity index (χ4v) is 1.53. The average Bonchev–Trinajstić information content (AvgIpc) is 2.67. The fraction of sp³-hybridized carbons (Fsp3) is 0.462. The van der Waals surface area contributed by atoms with Crippen LogP contribution in [0.1, 0.15) is 35.7 Å². The van der Waals surface area contributed by atoms with Crippen LogP contribution >= 0.6 is 0 Å². The Bertz CT molecular complexity index is 407. The molecule has 4 nitrogen and oxygen atoms in total. The molecule has 1 N–H and O–H groups in total. The summed E-state index contributed by atoms with van der Waals surface area (Å²) >= 11 is 0. The average molecular weight is 237 g/mol. The maximum atomic E-state index is 11.4. The van der Waals surface area contributed by atoms with Crippen molar-refractivity contribution < 1.29 is 13.9 Å². The van der Waals surface area contributed by atoms with Crippen LogP contribution in [0.25, 0.3) is 6.08 Å². The molecule has 1 aromatic heterocycles. The van der Waals surface area contributed by atoms with Crippen molar-refractivity contribution in [3.05, 3.63) is 29.2 Å². The molecule has 1 atom stereocenters. The molecule has 1 rings (SSSR count). The molecule has 17 heavy (non-hydrogen) atoms. The molecule has 0 amide bonds. The maximum Gasteiger partial charge on any atom is 0.341 e. The maximum absolute atomic E-state index is 11.4. The molecule has 1 aromatic rings. The van der Waals surface area contributed by atoms with Crippen molar-refractivity contribution in [2.24, 2.45) is 0 Å². The Kier molecular flexibility index (Phi) is 4.97. The summed E-state index contributed by atoms with van der Waals surface area (Å²) in [4.78, 5) is 11.4. The minimum Gasteiger partial charge on any atom is -0.465 e. The SMILES string of the molecule is CCNC(C)/C=C/c1cc(C(=O)OC)c(C)o1. The topological polar surface area (TPSA) is 51.5 Å². The van der Waals surface area contributed by atoms with Crippen molar-refractivity contribution in [3.8, 4) is 0 Å². The number of carbonyl (C=O) groups excluding carboxylic acids is 1. The third-order valence-electron chi connectivity index (χ3n) is 2.42. The van der Waals surface area contributed by atoms with Gasteiger partial charge in [0.25, 0.3) is 0 Å². The van der Waals surface area contributed by atoms with Crippen LogP contribution in [-0.2, 0) is 4.74 Å². The van der Waals surface area contributed by atoms with E-state index in [0.29, 0.717) is 17.1 Å². The third kappa shape index (κ3) is 3.75. The summed E-state index contributed by atoms with van der Waals surface area (Å²) in [7, 11) is 1.36. The molecule has 0 aliphatic rings. The molecule has 0 spiro atoms. The summed E-state index contributed by atoms with van der Waals surface area (Å²) in [5, 5.41) is 3.25. The summed E-state index contributed by atoms with van der Waals surface area (Å²) in [5.41, 5.74) is 0.475. The summed E-state index contributed by atoms with van der Waals surface area (Å²) in [6.07, 6.45) is 3.84. The van der Waals surface area contributed by atoms with Gasteiger partial charge in [0.1, 0.15) is 17.1 Å². The first-order valence-electron chi connectivity index (χ1n) is 5.68. The van der Waals surface area contributed by atoms with Crippen LogP contribution in [0, 0.1) is 6.92 Å². The van der Waals surface area contributed by atoms with Gasteiger partial charge in [-0.25, -0.2) is 4.79 Å². The van der Waals surface area contributed by atoms with Gasteiger partial charge in [-0.2, -0.15) is 0 Å². The number of ether oxygens (including phenoxy) is 1. The van der Waals surface area contributed by atoms with E-state index in [1.807, 2.05) is 12.2 Å². The van der Waals surface area contributed by atoms with E-state index < -0.39 is 0 Å². The van der Waals surface area contributed by atoms with Crippen LogP contribution in [0.3, 0.4) is 0 Å². The second-order valence-corrected chi connectivity index (χ2v) is 3.82. The molecule has 0 fully saturated rings. The standard InChI is InChI=1S/C13H19NO3/c1-5-14-9(2)6-7-11-8-12(10(3)17-11)13(15)16-4/h6-9,14H,5H2,1-4H3/b7-6+. The molecule has 0 saturated carbocycles. The van der Waals surface area contributed by atoms with Gasteiger partial charge in [0.05, 0.1) is 7.11 Å². The van der Waals surface area contributed by atoms with E-state index in [1.54, 1.807) is 13.0 Å². The van der Waals surface area contributed by atoms with Crippen molar-refractivity contribution in [3.63, 3.8) is 0 Å². The van der Waals surface area contributed by atoms with Gasteiger partial charge in [-0.3, -0.25) is 0 Å². The highest BCUT2D eigenvalue weighted by atomic mass is 16.5. The van der Waals surface area contributed by atoms with E-state index in [2.05, 4.69) is 23.9 Å². The fourth-order valence-electron chi connectivity index (χ4n) is 1.53. The zero-order valence-corrected chi connectivity index (χ0v) is 10.7. The molecule has 94 valence electrons. The lowest BCUT2D eigenvalue weighted by Crippen LogP contribution is -2.22. The Labute approximate surface area is 102 Å². The number of likely N-dealkylation sites (N-methyl/N-ethyl adjacent to an activating group) is 1. The van der Waals surface area contributed by atoms with Crippen LogP contribution in [0.5, 0.6) is 0 Å². The van der Waals surface area contributed by atoms with E-state index in [0.717, 1.165) is 6.54 Å². The quantitative estimate of drug-likeness (QED) is 0.799. The molecule has 0 saturated heterocycles. The van der Waals surface area contributed by atoms with Crippen molar-refractivity contribution in [2.75, 3.05) is 13.7 Å². The van der Waals surface area contributed by atoms with Crippen LogP contribution in [0.15, 0.2) is 16.6 Å². The van der Waals surface area contributed by atoms with Gasteiger partial charge in [-0.05, 0) is 32.5 Å². The predicted octanol–water partition coefficient (Wildman–Crippen LogP) is 2.39. The normalized spacial score (nSPS) is 12.9. The number of hydrogen-bond donors (Lipinski definition) is 1. The lowest BCUT2D eigenvalue weighted by molar-refractivity contribution is 0.0599. The lowest BCUT2D eigenvalue weighted by atomic mass is 10.2. The minimum atomic E-state index is -0.370. The number of aryl methyl sites for hydroxylation is 1. The van der Waals surface area contributed by atoms with Crippen LogP contribution in [0.4, 0.5) is 0 Å². The summed E-state index contributed by atoms with van der Waals surface area (Å²) in [5.74, 6) is 0.867. The Morgan fingerprint density at radius 2 is 2.35 bits per heavy atom. The first kappa shape index (κ1) is 13.5. The zero-order valence-electron chi connectivity index (χ0n) is 10.7. The molecule has 0 bridgehead atoms. The summed E-state index contributed by atoms with van der Waals surface area (Å²) in [6.45, 7) is 6.77. The lowest BCUT2D eigenvalue weighted by Gasteiger charge is -2.04. The molecule has 0 aliphatic carbocycles. The van der Waals surface area contributed by atoms with Gasteiger partial charge >= 0.3 is 5.97 Å². The Hall–Kier alpha value is -1.55. The molecule has 1 unspecified atom stereocenters. The minimum absolute atomic E-state index is 0.270. The highest BCUT2D eigenvalue weighted by Crippen LogP contribution is 2.16.